The van der Waals surface area contributed by atoms with E-state index in [9.17, 15) is 22.8 Å². The number of aromatic nitrogens is 5. The predicted molar refractivity (Wildman–Crippen MR) is 149 cm³/mol. The number of alkyl halides is 3. The summed E-state index contributed by atoms with van der Waals surface area (Å²) >= 11 is 0. The molecule has 6 rings (SSSR count). The van der Waals surface area contributed by atoms with Crippen molar-refractivity contribution in [2.75, 3.05) is 23.6 Å². The van der Waals surface area contributed by atoms with Gasteiger partial charge in [0.15, 0.2) is 22.9 Å². The standard InChI is InChI=1S/C29H24F3N7O4/c1-17-33-24-13-10-21(16-37(24)34-17)36(2)27(40)19-5-3-6-20(15-19)39-26-23(25(35-39)29(30,31)32)7-4-14-38(26)43-22-11-8-18(9-12-22)28(41)42/h3,5-6,8-13,15-16H,4,7,14H2,1-2H3,(H,41,42). The summed E-state index contributed by atoms with van der Waals surface area (Å²) in [5.74, 6) is -0.624. The average Bonchev–Trinajstić information content (AvgIpc) is 3.57. The summed E-state index contributed by atoms with van der Waals surface area (Å²) in [6.07, 6.45) is -2.58. The molecule has 4 heterocycles. The van der Waals surface area contributed by atoms with E-state index >= 15 is 0 Å². The zero-order valence-corrected chi connectivity index (χ0v) is 22.9. The predicted octanol–water partition coefficient (Wildman–Crippen LogP) is 4.96. The summed E-state index contributed by atoms with van der Waals surface area (Å²) in [5.41, 5.74) is 0.576. The van der Waals surface area contributed by atoms with Crippen LogP contribution in [0.15, 0.2) is 66.9 Å². The molecular weight excluding hydrogens is 567 g/mol. The first kappa shape index (κ1) is 27.8. The van der Waals surface area contributed by atoms with Gasteiger partial charge in [-0.1, -0.05) is 6.07 Å². The molecular formula is C29H24F3N7O4. The minimum Gasteiger partial charge on any atom is -0.478 e. The number of hydrogen-bond donors (Lipinski definition) is 1. The van der Waals surface area contributed by atoms with Gasteiger partial charge >= 0.3 is 12.1 Å². The van der Waals surface area contributed by atoms with Gasteiger partial charge in [0.05, 0.1) is 29.7 Å². The highest BCUT2D eigenvalue weighted by Crippen LogP contribution is 2.40. The molecule has 0 fully saturated rings. The summed E-state index contributed by atoms with van der Waals surface area (Å²) in [5, 5.41) is 18.7. The van der Waals surface area contributed by atoms with E-state index in [0.717, 1.165) is 4.68 Å². The second-order valence-electron chi connectivity index (χ2n) is 9.95. The lowest BCUT2D eigenvalue weighted by Crippen LogP contribution is -2.34. The van der Waals surface area contributed by atoms with Gasteiger partial charge in [-0.25, -0.2) is 19.0 Å². The Bertz CT molecular complexity index is 1860. The van der Waals surface area contributed by atoms with Crippen LogP contribution in [0.4, 0.5) is 24.7 Å². The van der Waals surface area contributed by atoms with Gasteiger partial charge in [-0.15, -0.1) is 0 Å². The number of rotatable bonds is 6. The van der Waals surface area contributed by atoms with E-state index in [2.05, 4.69) is 15.2 Å². The number of carbonyl (C=O) groups excluding carboxylic acids is 1. The van der Waals surface area contributed by atoms with Crippen LogP contribution < -0.4 is 14.8 Å². The number of hydrogen-bond acceptors (Lipinski definition) is 7. The molecule has 0 spiro atoms. The first-order valence-electron chi connectivity index (χ1n) is 13.2. The van der Waals surface area contributed by atoms with Gasteiger partial charge < -0.3 is 14.8 Å². The monoisotopic (exact) mass is 591 g/mol. The number of carboxylic acids is 1. The molecule has 0 saturated carbocycles. The maximum Gasteiger partial charge on any atom is 0.435 e. The molecule has 2 aromatic carbocycles. The molecule has 3 aromatic heterocycles. The van der Waals surface area contributed by atoms with E-state index in [1.807, 2.05) is 0 Å². The van der Waals surface area contributed by atoms with Crippen molar-refractivity contribution < 1.29 is 32.7 Å². The molecule has 1 aliphatic heterocycles. The highest BCUT2D eigenvalue weighted by Gasteiger charge is 2.42. The van der Waals surface area contributed by atoms with E-state index in [1.165, 1.54) is 40.3 Å². The summed E-state index contributed by atoms with van der Waals surface area (Å²) in [6.45, 7) is 2.01. The molecule has 11 nitrogen and oxygen atoms in total. The maximum atomic E-state index is 14.1. The van der Waals surface area contributed by atoms with Gasteiger partial charge in [0.25, 0.3) is 5.91 Å². The van der Waals surface area contributed by atoms with Gasteiger partial charge in [0.1, 0.15) is 5.82 Å². The summed E-state index contributed by atoms with van der Waals surface area (Å²) in [4.78, 5) is 36.3. The molecule has 0 aliphatic carbocycles. The summed E-state index contributed by atoms with van der Waals surface area (Å²) in [7, 11) is 1.59. The fraction of sp³-hybridized carbons (Fsp3) is 0.207. The van der Waals surface area contributed by atoms with Crippen LogP contribution in [0.1, 0.15) is 44.2 Å². The van der Waals surface area contributed by atoms with Crippen LogP contribution in [-0.2, 0) is 12.6 Å². The lowest BCUT2D eigenvalue weighted by atomic mass is 10.1. The molecule has 0 atom stereocenters. The summed E-state index contributed by atoms with van der Waals surface area (Å²) < 4.78 is 45.1. The Hall–Kier alpha value is -5.40. The third-order valence-electron chi connectivity index (χ3n) is 7.02. The molecule has 14 heteroatoms. The lowest BCUT2D eigenvalue weighted by molar-refractivity contribution is -0.142. The first-order chi connectivity index (χ1) is 20.5. The number of anilines is 2. The van der Waals surface area contributed by atoms with Gasteiger partial charge in [-0.05, 0) is 74.4 Å². The van der Waals surface area contributed by atoms with Crippen molar-refractivity contribution in [2.45, 2.75) is 25.9 Å². The molecule has 0 radical (unpaired) electrons. The van der Waals surface area contributed by atoms with Crippen molar-refractivity contribution >= 4 is 29.0 Å². The van der Waals surface area contributed by atoms with Crippen LogP contribution >= 0.6 is 0 Å². The largest absolute Gasteiger partial charge is 0.478 e. The molecule has 220 valence electrons. The molecule has 0 saturated heterocycles. The topological polar surface area (TPSA) is 118 Å². The number of fused-ring (bicyclic) bond motifs is 2. The molecule has 0 unspecified atom stereocenters. The third-order valence-corrected chi connectivity index (χ3v) is 7.02. The van der Waals surface area contributed by atoms with Crippen LogP contribution in [-0.4, -0.2) is 55.0 Å². The first-order valence-corrected chi connectivity index (χ1v) is 13.2. The van der Waals surface area contributed by atoms with E-state index in [-0.39, 0.29) is 46.9 Å². The number of carbonyl (C=O) groups is 2. The smallest absolute Gasteiger partial charge is 0.435 e. The number of halogens is 3. The molecule has 0 bridgehead atoms. The van der Waals surface area contributed by atoms with Crippen molar-refractivity contribution in [2.24, 2.45) is 0 Å². The van der Waals surface area contributed by atoms with Crippen molar-refractivity contribution in [1.82, 2.24) is 24.4 Å². The van der Waals surface area contributed by atoms with Crippen molar-refractivity contribution in [1.29, 1.82) is 0 Å². The normalized spacial score (nSPS) is 13.2. The van der Waals surface area contributed by atoms with Gasteiger partial charge in [0, 0.05) is 18.2 Å². The minimum atomic E-state index is -4.73. The fourth-order valence-corrected chi connectivity index (χ4v) is 4.98. The molecule has 1 N–H and O–H groups in total. The lowest BCUT2D eigenvalue weighted by Gasteiger charge is -2.29. The van der Waals surface area contributed by atoms with Crippen LogP contribution in [0.3, 0.4) is 0 Å². The second-order valence-corrected chi connectivity index (χ2v) is 9.95. The Labute approximate surface area is 242 Å². The zero-order valence-electron chi connectivity index (χ0n) is 22.9. The van der Waals surface area contributed by atoms with Crippen molar-refractivity contribution in [3.63, 3.8) is 0 Å². The van der Waals surface area contributed by atoms with Crippen LogP contribution in [0.25, 0.3) is 11.3 Å². The summed E-state index contributed by atoms with van der Waals surface area (Å²) in [6, 6.07) is 15.2. The van der Waals surface area contributed by atoms with Crippen LogP contribution in [0, 0.1) is 6.92 Å². The van der Waals surface area contributed by atoms with E-state index in [0.29, 0.717) is 23.6 Å². The Balaban J connectivity index is 1.37. The van der Waals surface area contributed by atoms with Gasteiger partial charge in [-0.3, -0.25) is 4.79 Å². The van der Waals surface area contributed by atoms with Crippen LogP contribution in [0.2, 0.25) is 0 Å². The number of amides is 1. The number of aryl methyl sites for hydroxylation is 1. The molecule has 5 aromatic rings. The minimum absolute atomic E-state index is 0.0359. The maximum absolute atomic E-state index is 14.1. The number of benzene rings is 2. The van der Waals surface area contributed by atoms with Crippen LogP contribution in [0.5, 0.6) is 5.75 Å². The quantitative estimate of drug-likeness (QED) is 0.294. The highest BCUT2D eigenvalue weighted by atomic mass is 19.4. The Morgan fingerprint density at radius 3 is 2.51 bits per heavy atom. The third kappa shape index (κ3) is 5.22. The van der Waals surface area contributed by atoms with E-state index in [1.54, 1.807) is 55.0 Å². The SMILES string of the molecule is Cc1nc2ccc(N(C)C(=O)c3cccc(-n4nc(C(F)(F)F)c5c4N(Oc4ccc(C(=O)O)cc4)CCC5)c3)cn2n1. The van der Waals surface area contributed by atoms with E-state index < -0.39 is 23.7 Å². The van der Waals surface area contributed by atoms with E-state index in [4.69, 9.17) is 9.94 Å². The number of hydroxylamine groups is 1. The zero-order chi connectivity index (χ0) is 30.5. The average molecular weight is 592 g/mol. The van der Waals surface area contributed by atoms with Gasteiger partial charge in [0.2, 0.25) is 0 Å². The Morgan fingerprint density at radius 1 is 1.02 bits per heavy atom. The highest BCUT2D eigenvalue weighted by molar-refractivity contribution is 6.06. The number of carboxylic acid groups (broad SMARTS) is 1. The van der Waals surface area contributed by atoms with Gasteiger partial charge in [-0.2, -0.15) is 28.4 Å². The number of aromatic carboxylic acids is 1. The molecule has 1 aliphatic rings. The Kier molecular flexibility index (Phi) is 6.75. The number of nitrogens with zero attached hydrogens (tertiary/aromatic N) is 7. The van der Waals surface area contributed by atoms with Crippen molar-refractivity contribution in [3.05, 3.63) is 95.1 Å². The molecule has 43 heavy (non-hydrogen) atoms. The van der Waals surface area contributed by atoms with Crippen molar-refractivity contribution in [3.8, 4) is 11.4 Å². The fourth-order valence-electron chi connectivity index (χ4n) is 4.98. The Morgan fingerprint density at radius 2 is 1.79 bits per heavy atom. The second kappa shape index (κ2) is 10.5. The molecule has 1 amide bonds. The number of pyridine rings is 1.